The first-order chi connectivity index (χ1) is 20.8. The van der Waals surface area contributed by atoms with Crippen LogP contribution in [0.2, 0.25) is 0 Å². The molecule has 0 bridgehead atoms. The molecule has 230 valence electrons. The van der Waals surface area contributed by atoms with Crippen molar-refractivity contribution in [2.24, 2.45) is 5.92 Å². The van der Waals surface area contributed by atoms with Crippen LogP contribution in [0.3, 0.4) is 0 Å². The number of nitrogens with one attached hydrogen (secondary N) is 2. The van der Waals surface area contributed by atoms with Crippen molar-refractivity contribution in [3.05, 3.63) is 94.1 Å². The van der Waals surface area contributed by atoms with Crippen molar-refractivity contribution in [2.45, 2.75) is 45.7 Å². The lowest BCUT2D eigenvalue weighted by Gasteiger charge is -2.22. The van der Waals surface area contributed by atoms with Gasteiger partial charge in [-0.05, 0) is 37.5 Å². The number of ether oxygens (including phenoxy) is 1. The van der Waals surface area contributed by atoms with Gasteiger partial charge in [0.05, 0.1) is 24.8 Å². The maximum Gasteiger partial charge on any atom is 0.411 e. The molecule has 0 aliphatic carbocycles. The molecule has 2 aromatic carbocycles. The summed E-state index contributed by atoms with van der Waals surface area (Å²) in [6.45, 7) is 6.01. The number of rotatable bonds is 10. The van der Waals surface area contributed by atoms with E-state index in [1.54, 1.807) is 58.0 Å². The molecule has 0 aliphatic rings. The van der Waals surface area contributed by atoms with Crippen LogP contribution in [-0.4, -0.2) is 50.7 Å². The van der Waals surface area contributed by atoms with Crippen molar-refractivity contribution >= 4 is 23.5 Å². The molecule has 14 heteroatoms. The normalized spacial score (nSPS) is 12.1. The van der Waals surface area contributed by atoms with E-state index in [0.717, 1.165) is 36.1 Å². The predicted molar refractivity (Wildman–Crippen MR) is 154 cm³/mol. The Balaban J connectivity index is 1.60. The molecule has 0 fully saturated rings. The van der Waals surface area contributed by atoms with E-state index in [9.17, 15) is 28.0 Å². The van der Waals surface area contributed by atoms with Gasteiger partial charge in [0.1, 0.15) is 29.7 Å². The summed E-state index contributed by atoms with van der Waals surface area (Å²) in [6.07, 6.45) is 0.256. The van der Waals surface area contributed by atoms with E-state index in [1.165, 1.54) is 0 Å². The van der Waals surface area contributed by atoms with Gasteiger partial charge in [0.25, 0.3) is 11.4 Å². The molecule has 2 heterocycles. The molecule has 44 heavy (non-hydrogen) atoms. The Labute approximate surface area is 250 Å². The lowest BCUT2D eigenvalue weighted by molar-refractivity contribution is -0.122. The van der Waals surface area contributed by atoms with Crippen molar-refractivity contribution in [1.29, 1.82) is 0 Å². The number of hydrogen-bond donors (Lipinski definition) is 2. The first kappa shape index (κ1) is 31.7. The third-order valence-electron chi connectivity index (χ3n) is 6.82. The van der Waals surface area contributed by atoms with Gasteiger partial charge < -0.3 is 14.5 Å². The molecular formula is C30H30F2N6O6. The number of aromatic nitrogens is 4. The van der Waals surface area contributed by atoms with Gasteiger partial charge in [-0.3, -0.25) is 24.3 Å². The second-order valence-corrected chi connectivity index (χ2v) is 10.7. The van der Waals surface area contributed by atoms with Crippen molar-refractivity contribution in [3.8, 4) is 11.4 Å². The number of methoxy groups -OCH3 is 1. The number of carbonyl (C=O) groups is 3. The van der Waals surface area contributed by atoms with Crippen LogP contribution >= 0.6 is 0 Å². The van der Waals surface area contributed by atoms with Gasteiger partial charge in [0, 0.05) is 11.6 Å². The highest BCUT2D eigenvalue weighted by atomic mass is 19.1. The first-order valence-electron chi connectivity index (χ1n) is 13.5. The summed E-state index contributed by atoms with van der Waals surface area (Å²) in [5.74, 6) is -3.80. The molecule has 0 aliphatic heterocycles. The van der Waals surface area contributed by atoms with Crippen molar-refractivity contribution in [3.63, 3.8) is 0 Å². The van der Waals surface area contributed by atoms with Crippen LogP contribution in [0.15, 0.2) is 63.9 Å². The second-order valence-electron chi connectivity index (χ2n) is 10.7. The van der Waals surface area contributed by atoms with E-state index in [-0.39, 0.29) is 23.0 Å². The Hall–Kier alpha value is -5.27. The molecule has 0 unspecified atom stereocenters. The van der Waals surface area contributed by atoms with E-state index in [2.05, 4.69) is 30.6 Å². The number of ketones is 1. The molecular weight excluding hydrogens is 578 g/mol. The summed E-state index contributed by atoms with van der Waals surface area (Å²) >= 11 is 0. The van der Waals surface area contributed by atoms with Gasteiger partial charge in [-0.25, -0.2) is 18.6 Å². The van der Waals surface area contributed by atoms with E-state index >= 15 is 0 Å². The fraction of sp³-hybridized carbons (Fsp3) is 0.300. The number of amides is 2. The Kier molecular flexibility index (Phi) is 9.31. The molecule has 2 N–H and O–H groups in total. The summed E-state index contributed by atoms with van der Waals surface area (Å²) in [5.41, 5.74) is -1.37. The van der Waals surface area contributed by atoms with Gasteiger partial charge in [-0.15, -0.1) is 10.2 Å². The lowest BCUT2D eigenvalue weighted by atomic mass is 9.84. The topological polar surface area (TPSA) is 158 Å². The third-order valence-corrected chi connectivity index (χ3v) is 6.82. The summed E-state index contributed by atoms with van der Waals surface area (Å²) < 4.78 is 39.0. The van der Waals surface area contributed by atoms with Crippen LogP contribution in [0.5, 0.6) is 0 Å². The average molecular weight is 609 g/mol. The van der Waals surface area contributed by atoms with E-state index in [1.807, 2.05) is 0 Å². The number of anilines is 1. The summed E-state index contributed by atoms with van der Waals surface area (Å²) in [6, 6.07) is 10.4. The second kappa shape index (κ2) is 12.9. The van der Waals surface area contributed by atoms with Gasteiger partial charge in [-0.1, -0.05) is 44.2 Å². The monoisotopic (exact) mass is 608 g/mol. The Morgan fingerprint density at radius 2 is 1.70 bits per heavy atom. The van der Waals surface area contributed by atoms with Gasteiger partial charge in [-0.2, -0.15) is 0 Å². The molecule has 0 spiro atoms. The fourth-order valence-electron chi connectivity index (χ4n) is 4.35. The van der Waals surface area contributed by atoms with Crippen molar-refractivity contribution < 1.29 is 32.3 Å². The molecule has 0 saturated heterocycles. The summed E-state index contributed by atoms with van der Waals surface area (Å²) in [5, 5.41) is 12.7. The standard InChI is InChI=1S/C30H30F2N6O6/c1-16(2)23(24(40)26-36-37-28(44-26)30(3,4)18-11-19(31)13-20(32)12-18)35-22(39)15-38-25(17-9-7-6-8-10-17)33-14-21(27(38)41)34-29(42)43-5/h6-14,16,23H,15H2,1-5H3,(H,34,42)(H,35,39)/t23-/m0/s1. The zero-order valence-corrected chi connectivity index (χ0v) is 24.6. The molecule has 4 aromatic rings. The maximum atomic E-state index is 13.9. The Morgan fingerprint density at radius 1 is 1.05 bits per heavy atom. The van der Waals surface area contributed by atoms with E-state index in [4.69, 9.17) is 4.42 Å². The Morgan fingerprint density at radius 3 is 2.32 bits per heavy atom. The third kappa shape index (κ3) is 6.85. The quantitative estimate of drug-likeness (QED) is 0.253. The first-order valence-corrected chi connectivity index (χ1v) is 13.5. The zero-order chi connectivity index (χ0) is 32.2. The van der Waals surface area contributed by atoms with Crippen LogP contribution in [0.25, 0.3) is 11.4 Å². The minimum atomic E-state index is -1.16. The molecule has 0 saturated carbocycles. The minimum absolute atomic E-state index is 0.0697. The molecule has 0 radical (unpaired) electrons. The SMILES string of the molecule is COC(=O)Nc1cnc(-c2ccccc2)n(CC(=O)N[C@H](C(=O)c2nnc(C(C)(C)c3cc(F)cc(F)c3)o2)C(C)C)c1=O. The fourth-order valence-corrected chi connectivity index (χ4v) is 4.35. The van der Waals surface area contributed by atoms with Gasteiger partial charge in [0.2, 0.25) is 17.6 Å². The minimum Gasteiger partial charge on any atom is -0.453 e. The van der Waals surface area contributed by atoms with Crippen molar-refractivity contribution in [1.82, 2.24) is 25.1 Å². The number of benzene rings is 2. The van der Waals surface area contributed by atoms with Crippen LogP contribution in [0.1, 0.15) is 49.8 Å². The average Bonchev–Trinajstić information content (AvgIpc) is 3.49. The number of hydrogen-bond acceptors (Lipinski definition) is 9. The Bertz CT molecular complexity index is 1730. The summed E-state index contributed by atoms with van der Waals surface area (Å²) in [4.78, 5) is 56.1. The van der Waals surface area contributed by atoms with Crippen LogP contribution < -0.4 is 16.2 Å². The smallest absolute Gasteiger partial charge is 0.411 e. The van der Waals surface area contributed by atoms with Crippen LogP contribution in [0.4, 0.5) is 19.3 Å². The largest absolute Gasteiger partial charge is 0.453 e. The highest BCUT2D eigenvalue weighted by molar-refractivity contribution is 5.98. The zero-order valence-electron chi connectivity index (χ0n) is 24.6. The molecule has 2 amide bonds. The van der Waals surface area contributed by atoms with Crippen molar-refractivity contribution in [2.75, 3.05) is 12.4 Å². The summed E-state index contributed by atoms with van der Waals surface area (Å²) in [7, 11) is 1.13. The van der Waals surface area contributed by atoms with E-state index in [0.29, 0.717) is 5.56 Å². The lowest BCUT2D eigenvalue weighted by Crippen LogP contribution is -2.46. The van der Waals surface area contributed by atoms with Crippen LogP contribution in [-0.2, 0) is 21.5 Å². The predicted octanol–water partition coefficient (Wildman–Crippen LogP) is 4.10. The molecule has 12 nitrogen and oxygen atoms in total. The van der Waals surface area contributed by atoms with E-state index < -0.39 is 64.8 Å². The highest BCUT2D eigenvalue weighted by Gasteiger charge is 2.35. The number of halogens is 2. The number of carbonyl (C=O) groups excluding carboxylic acids is 3. The van der Waals surface area contributed by atoms with Gasteiger partial charge >= 0.3 is 6.09 Å². The van der Waals surface area contributed by atoms with Gasteiger partial charge in [0.15, 0.2) is 0 Å². The number of Topliss-reactive ketones (excluding diaryl/α,β-unsaturated/α-hetero) is 1. The number of nitrogens with zero attached hydrogens (tertiary/aromatic N) is 4. The molecule has 4 rings (SSSR count). The molecule has 1 atom stereocenters. The molecule has 2 aromatic heterocycles. The maximum absolute atomic E-state index is 13.9. The van der Waals surface area contributed by atoms with Crippen LogP contribution in [0, 0.1) is 17.6 Å². The highest BCUT2D eigenvalue weighted by Crippen LogP contribution is 2.31.